The van der Waals surface area contributed by atoms with Crippen LogP contribution in [0.4, 0.5) is 16.2 Å². The number of benzene rings is 3. The van der Waals surface area contributed by atoms with Crippen LogP contribution >= 0.6 is 0 Å². The van der Waals surface area contributed by atoms with Gasteiger partial charge in [0, 0.05) is 43.1 Å². The lowest BCUT2D eigenvalue weighted by Crippen LogP contribution is -2.57. The van der Waals surface area contributed by atoms with Crippen molar-refractivity contribution in [2.75, 3.05) is 37.0 Å². The number of hydrogen-bond donors (Lipinski definition) is 2. The second-order valence-electron chi connectivity index (χ2n) is 9.82. The molecular weight excluding hydrogens is 466 g/mol. The quantitative estimate of drug-likeness (QED) is 0.435. The smallest absolute Gasteiger partial charge is 0.322 e. The molecule has 3 aromatic rings. The molecule has 0 radical (unpaired) electrons. The molecule has 2 N–H and O–H groups in total. The van der Waals surface area contributed by atoms with Gasteiger partial charge in [0.05, 0.1) is 19.3 Å². The average molecular weight is 502 g/mol. The number of methoxy groups -OCH3 is 1. The molecule has 0 aromatic heterocycles. The summed E-state index contributed by atoms with van der Waals surface area (Å²) in [7, 11) is 1.68. The first-order valence-electron chi connectivity index (χ1n) is 13.1. The van der Waals surface area contributed by atoms with Crippen molar-refractivity contribution >= 4 is 17.4 Å². The number of nitrogens with one attached hydrogen (secondary N) is 1. The number of rotatable bonds is 7. The summed E-state index contributed by atoms with van der Waals surface area (Å²) < 4.78 is 11.9. The number of carbonyl (C=O) groups excluding carboxylic acids is 1. The van der Waals surface area contributed by atoms with E-state index in [4.69, 9.17) is 9.47 Å². The van der Waals surface area contributed by atoms with E-state index in [1.54, 1.807) is 31.4 Å². The second kappa shape index (κ2) is 11.5. The maximum Gasteiger partial charge on any atom is 0.322 e. The van der Waals surface area contributed by atoms with Crippen LogP contribution < -0.4 is 19.7 Å². The molecule has 2 amide bonds. The topological polar surface area (TPSA) is 74.3 Å². The molecule has 1 unspecified atom stereocenters. The number of urea groups is 1. The first-order chi connectivity index (χ1) is 18.1. The Bertz CT molecular complexity index is 1200. The van der Waals surface area contributed by atoms with Gasteiger partial charge in [0.15, 0.2) is 11.5 Å². The van der Waals surface area contributed by atoms with E-state index in [2.05, 4.69) is 34.5 Å². The van der Waals surface area contributed by atoms with Crippen LogP contribution in [-0.2, 0) is 6.42 Å². The standard InChI is InChI=1S/C30H35N3O4/c1-36-28-15-14-24(20-29(28)37-27-12-5-6-13-27)32-16-17-33(25(21-32)18-22-8-3-2-4-9-22)30(35)31-23-10-7-11-26(34)19-23/h2-4,7-11,14-15,19-20,25,27,34H,5-6,12-13,16-18,21H2,1H3,(H,31,35). The van der Waals surface area contributed by atoms with E-state index in [-0.39, 0.29) is 23.9 Å². The Morgan fingerprint density at radius 2 is 1.78 bits per heavy atom. The van der Waals surface area contributed by atoms with Crippen LogP contribution in [0.2, 0.25) is 0 Å². The minimum absolute atomic E-state index is 0.0326. The van der Waals surface area contributed by atoms with E-state index in [9.17, 15) is 9.90 Å². The number of hydrogen-bond acceptors (Lipinski definition) is 5. The van der Waals surface area contributed by atoms with Gasteiger partial charge >= 0.3 is 6.03 Å². The highest BCUT2D eigenvalue weighted by Crippen LogP contribution is 2.36. The fraction of sp³-hybridized carbons (Fsp3) is 0.367. The molecule has 2 fully saturated rings. The van der Waals surface area contributed by atoms with Gasteiger partial charge in [0.2, 0.25) is 0 Å². The van der Waals surface area contributed by atoms with Gasteiger partial charge in [-0.15, -0.1) is 0 Å². The van der Waals surface area contributed by atoms with E-state index >= 15 is 0 Å². The van der Waals surface area contributed by atoms with Crippen molar-refractivity contribution in [1.82, 2.24) is 4.90 Å². The molecule has 2 aliphatic rings. The molecule has 1 atom stereocenters. The van der Waals surface area contributed by atoms with Crippen LogP contribution in [0.1, 0.15) is 31.2 Å². The van der Waals surface area contributed by atoms with Crippen LogP contribution in [-0.4, -0.2) is 54.9 Å². The maximum absolute atomic E-state index is 13.3. The Kier molecular flexibility index (Phi) is 7.68. The zero-order valence-electron chi connectivity index (χ0n) is 21.3. The van der Waals surface area contributed by atoms with E-state index in [1.807, 2.05) is 29.2 Å². The highest BCUT2D eigenvalue weighted by atomic mass is 16.5. The summed E-state index contributed by atoms with van der Waals surface area (Å²) >= 11 is 0. The first-order valence-corrected chi connectivity index (χ1v) is 13.1. The third-order valence-corrected chi connectivity index (χ3v) is 7.26. The Hall–Kier alpha value is -3.87. The van der Waals surface area contributed by atoms with Crippen molar-refractivity contribution in [1.29, 1.82) is 0 Å². The number of piperazine rings is 1. The number of amides is 2. The lowest BCUT2D eigenvalue weighted by atomic mass is 10.0. The van der Waals surface area contributed by atoms with Crippen molar-refractivity contribution in [2.45, 2.75) is 44.2 Å². The summed E-state index contributed by atoms with van der Waals surface area (Å²) in [5.74, 6) is 1.66. The molecule has 1 aliphatic carbocycles. The van der Waals surface area contributed by atoms with Crippen LogP contribution in [0.25, 0.3) is 0 Å². The third-order valence-electron chi connectivity index (χ3n) is 7.26. The van der Waals surface area contributed by atoms with Crippen LogP contribution in [0.15, 0.2) is 72.8 Å². The Balaban J connectivity index is 1.35. The average Bonchev–Trinajstić information content (AvgIpc) is 3.42. The molecular formula is C30H35N3O4. The molecule has 1 saturated heterocycles. The number of ether oxygens (including phenoxy) is 2. The van der Waals surface area contributed by atoms with Gasteiger partial charge in [-0.25, -0.2) is 4.79 Å². The molecule has 7 heteroatoms. The molecule has 0 spiro atoms. The Labute approximate surface area is 218 Å². The fourth-order valence-corrected chi connectivity index (χ4v) is 5.34. The normalized spacial score (nSPS) is 18.0. The first kappa shape index (κ1) is 24.8. The van der Waals surface area contributed by atoms with Crippen molar-refractivity contribution in [3.05, 3.63) is 78.4 Å². The number of aromatic hydroxyl groups is 1. The highest BCUT2D eigenvalue weighted by Gasteiger charge is 2.31. The molecule has 7 nitrogen and oxygen atoms in total. The minimum atomic E-state index is -0.161. The van der Waals surface area contributed by atoms with Gasteiger partial charge in [0.25, 0.3) is 0 Å². The second-order valence-corrected chi connectivity index (χ2v) is 9.82. The van der Waals surface area contributed by atoms with Crippen LogP contribution in [0, 0.1) is 0 Å². The third kappa shape index (κ3) is 6.10. The summed E-state index contributed by atoms with van der Waals surface area (Å²) in [4.78, 5) is 17.6. The molecule has 1 aliphatic heterocycles. The number of carbonyl (C=O) groups is 1. The van der Waals surface area contributed by atoms with Crippen LogP contribution in [0.5, 0.6) is 17.2 Å². The number of nitrogens with zero attached hydrogens (tertiary/aromatic N) is 2. The van der Waals surface area contributed by atoms with Gasteiger partial charge in [-0.05, 0) is 61.9 Å². The monoisotopic (exact) mass is 501 g/mol. The molecule has 194 valence electrons. The molecule has 1 saturated carbocycles. The number of anilines is 2. The van der Waals surface area contributed by atoms with E-state index in [1.165, 1.54) is 18.4 Å². The summed E-state index contributed by atoms with van der Waals surface area (Å²) in [5, 5.41) is 12.8. The summed E-state index contributed by atoms with van der Waals surface area (Å²) in [6.45, 7) is 1.97. The zero-order chi connectivity index (χ0) is 25.6. The minimum Gasteiger partial charge on any atom is -0.508 e. The van der Waals surface area contributed by atoms with E-state index in [0.29, 0.717) is 25.3 Å². The maximum atomic E-state index is 13.3. The fourth-order valence-electron chi connectivity index (χ4n) is 5.34. The SMILES string of the molecule is COc1ccc(N2CCN(C(=O)Nc3cccc(O)c3)C(Cc3ccccc3)C2)cc1OC1CCCC1. The van der Waals surface area contributed by atoms with Crippen LogP contribution in [0.3, 0.4) is 0 Å². The number of phenols is 1. The van der Waals surface area contributed by atoms with Gasteiger partial charge in [0.1, 0.15) is 5.75 Å². The molecule has 1 heterocycles. The Morgan fingerprint density at radius 3 is 2.54 bits per heavy atom. The van der Waals surface area contributed by atoms with Crippen molar-refractivity contribution in [3.8, 4) is 17.2 Å². The molecule has 5 rings (SSSR count). The van der Waals surface area contributed by atoms with Gasteiger partial charge in [-0.2, -0.15) is 0 Å². The molecule has 0 bridgehead atoms. The lowest BCUT2D eigenvalue weighted by molar-refractivity contribution is 0.178. The predicted molar refractivity (Wildman–Crippen MR) is 146 cm³/mol. The van der Waals surface area contributed by atoms with E-state index in [0.717, 1.165) is 36.4 Å². The Morgan fingerprint density at radius 1 is 0.973 bits per heavy atom. The van der Waals surface area contributed by atoms with E-state index < -0.39 is 0 Å². The largest absolute Gasteiger partial charge is 0.508 e. The predicted octanol–water partition coefficient (Wildman–Crippen LogP) is 5.69. The van der Waals surface area contributed by atoms with Crippen molar-refractivity contribution < 1.29 is 19.4 Å². The number of phenolic OH excluding ortho intramolecular Hbond substituents is 1. The van der Waals surface area contributed by atoms with Crippen molar-refractivity contribution in [2.24, 2.45) is 0 Å². The zero-order valence-corrected chi connectivity index (χ0v) is 21.3. The molecule has 37 heavy (non-hydrogen) atoms. The molecule has 3 aromatic carbocycles. The summed E-state index contributed by atoms with van der Waals surface area (Å²) in [5.41, 5.74) is 2.83. The van der Waals surface area contributed by atoms with Gasteiger partial charge in [-0.3, -0.25) is 0 Å². The van der Waals surface area contributed by atoms with Gasteiger partial charge < -0.3 is 29.7 Å². The summed E-state index contributed by atoms with van der Waals surface area (Å²) in [6.07, 6.45) is 5.57. The lowest BCUT2D eigenvalue weighted by Gasteiger charge is -2.42. The highest BCUT2D eigenvalue weighted by molar-refractivity contribution is 5.90. The van der Waals surface area contributed by atoms with Crippen molar-refractivity contribution in [3.63, 3.8) is 0 Å². The van der Waals surface area contributed by atoms with Gasteiger partial charge in [-0.1, -0.05) is 36.4 Å². The summed E-state index contributed by atoms with van der Waals surface area (Å²) in [6, 6.07) is 22.9.